The molecule has 1 aliphatic heterocycles. The number of benzene rings is 3. The fourth-order valence-electron chi connectivity index (χ4n) is 4.08. The van der Waals surface area contributed by atoms with Crippen LogP contribution in [0.15, 0.2) is 90.3 Å². The first-order valence-electron chi connectivity index (χ1n) is 10.9. The fourth-order valence-corrected chi connectivity index (χ4v) is 4.78. The van der Waals surface area contributed by atoms with Gasteiger partial charge in [-0.05, 0) is 30.2 Å². The lowest BCUT2D eigenvalue weighted by Crippen LogP contribution is -2.45. The Hall–Kier alpha value is -3.97. The lowest BCUT2D eigenvalue weighted by atomic mass is 9.82. The van der Waals surface area contributed by atoms with Gasteiger partial charge in [-0.2, -0.15) is 0 Å². The van der Waals surface area contributed by atoms with Crippen LogP contribution >= 0.6 is 11.3 Å². The molecule has 34 heavy (non-hydrogen) atoms. The Balaban J connectivity index is 1.37. The van der Waals surface area contributed by atoms with E-state index in [1.807, 2.05) is 97.2 Å². The molecule has 3 aromatic carbocycles. The quantitative estimate of drug-likeness (QED) is 0.386. The minimum Gasteiger partial charge on any atom is -0.486 e. The van der Waals surface area contributed by atoms with E-state index in [4.69, 9.17) is 4.74 Å². The van der Waals surface area contributed by atoms with E-state index in [2.05, 4.69) is 10.3 Å². The Morgan fingerprint density at radius 2 is 1.53 bits per heavy atom. The van der Waals surface area contributed by atoms with Crippen molar-refractivity contribution in [1.82, 2.24) is 15.2 Å². The van der Waals surface area contributed by atoms with Crippen LogP contribution in [0, 0.1) is 6.92 Å². The Kier molecular flexibility index (Phi) is 5.86. The van der Waals surface area contributed by atoms with Crippen LogP contribution in [0.2, 0.25) is 0 Å². The number of carbonyl (C=O) groups is 2. The largest absolute Gasteiger partial charge is 0.486 e. The zero-order chi connectivity index (χ0) is 23.5. The summed E-state index contributed by atoms with van der Waals surface area (Å²) in [6.07, 6.45) is 0. The highest BCUT2D eigenvalue weighted by atomic mass is 32.1. The number of ether oxygens (including phenoxy) is 1. The van der Waals surface area contributed by atoms with Crippen molar-refractivity contribution in [2.24, 2.45) is 0 Å². The minimum atomic E-state index is -1.27. The van der Waals surface area contributed by atoms with Crippen molar-refractivity contribution in [3.63, 3.8) is 0 Å². The number of amides is 3. The Labute approximate surface area is 201 Å². The molecule has 0 atom stereocenters. The SMILES string of the molecule is Cc1ccc(OCc2nc(CN3C(=O)NC(c4ccccc4)(c4ccccc4)C3=O)cs2)cc1. The zero-order valence-electron chi connectivity index (χ0n) is 18.6. The summed E-state index contributed by atoms with van der Waals surface area (Å²) in [7, 11) is 0. The van der Waals surface area contributed by atoms with Gasteiger partial charge in [-0.1, -0.05) is 78.4 Å². The molecule has 1 saturated heterocycles. The summed E-state index contributed by atoms with van der Waals surface area (Å²) < 4.78 is 5.81. The summed E-state index contributed by atoms with van der Waals surface area (Å²) in [6.45, 7) is 2.44. The molecule has 0 radical (unpaired) electrons. The van der Waals surface area contributed by atoms with Gasteiger partial charge in [0.05, 0.1) is 12.2 Å². The molecule has 0 bridgehead atoms. The lowest BCUT2D eigenvalue weighted by Gasteiger charge is -2.27. The van der Waals surface area contributed by atoms with Crippen LogP contribution in [0.1, 0.15) is 27.4 Å². The predicted octanol–water partition coefficient (Wildman–Crippen LogP) is 5.03. The van der Waals surface area contributed by atoms with Crippen LogP contribution in [-0.2, 0) is 23.5 Å². The van der Waals surface area contributed by atoms with Gasteiger partial charge in [-0.25, -0.2) is 9.78 Å². The van der Waals surface area contributed by atoms with Gasteiger partial charge in [-0.3, -0.25) is 9.69 Å². The summed E-state index contributed by atoms with van der Waals surface area (Å²) in [5, 5.41) is 5.60. The first-order chi connectivity index (χ1) is 16.6. The summed E-state index contributed by atoms with van der Waals surface area (Å²) in [5.41, 5.74) is 1.97. The van der Waals surface area contributed by atoms with Gasteiger partial charge in [0.1, 0.15) is 17.4 Å². The van der Waals surface area contributed by atoms with Crippen LogP contribution in [0.3, 0.4) is 0 Å². The maximum Gasteiger partial charge on any atom is 0.325 e. The summed E-state index contributed by atoms with van der Waals surface area (Å²) in [6, 6.07) is 26.0. The van der Waals surface area contributed by atoms with Crippen molar-refractivity contribution >= 4 is 23.3 Å². The molecule has 1 aromatic heterocycles. The number of aryl methyl sites for hydroxylation is 1. The normalized spacial score (nSPS) is 14.8. The summed E-state index contributed by atoms with van der Waals surface area (Å²) >= 11 is 1.44. The van der Waals surface area contributed by atoms with Crippen LogP contribution in [0.25, 0.3) is 0 Å². The molecule has 7 heteroatoms. The topological polar surface area (TPSA) is 71.5 Å². The number of aromatic nitrogens is 1. The third-order valence-electron chi connectivity index (χ3n) is 5.82. The van der Waals surface area contributed by atoms with Crippen molar-refractivity contribution in [2.75, 3.05) is 0 Å². The number of hydrogen-bond donors (Lipinski definition) is 1. The van der Waals surface area contributed by atoms with E-state index in [1.54, 1.807) is 0 Å². The summed E-state index contributed by atoms with van der Waals surface area (Å²) in [4.78, 5) is 32.6. The molecule has 1 fully saturated rings. The average molecular weight is 470 g/mol. The van der Waals surface area contributed by atoms with Crippen LogP contribution in [0.5, 0.6) is 5.75 Å². The number of urea groups is 1. The number of nitrogens with zero attached hydrogens (tertiary/aromatic N) is 2. The molecule has 5 rings (SSSR count). The molecule has 3 amide bonds. The minimum absolute atomic E-state index is 0.0904. The van der Waals surface area contributed by atoms with Crippen molar-refractivity contribution in [2.45, 2.75) is 25.6 Å². The highest BCUT2D eigenvalue weighted by Gasteiger charge is 2.53. The molecule has 0 spiro atoms. The van der Waals surface area contributed by atoms with Gasteiger partial charge in [-0.15, -0.1) is 11.3 Å². The molecular weight excluding hydrogens is 446 g/mol. The van der Waals surface area contributed by atoms with E-state index in [9.17, 15) is 9.59 Å². The van der Waals surface area contributed by atoms with E-state index in [0.29, 0.717) is 23.4 Å². The zero-order valence-corrected chi connectivity index (χ0v) is 19.4. The highest BCUT2D eigenvalue weighted by Crippen LogP contribution is 2.36. The average Bonchev–Trinajstić information content (AvgIpc) is 3.43. The monoisotopic (exact) mass is 469 g/mol. The van der Waals surface area contributed by atoms with E-state index in [-0.39, 0.29) is 12.5 Å². The molecule has 0 aliphatic carbocycles. The second kappa shape index (κ2) is 9.11. The molecule has 1 aliphatic rings. The van der Waals surface area contributed by atoms with Crippen LogP contribution in [-0.4, -0.2) is 21.8 Å². The number of carbonyl (C=O) groups excluding carboxylic acids is 2. The molecule has 6 nitrogen and oxygen atoms in total. The lowest BCUT2D eigenvalue weighted by molar-refractivity contribution is -0.130. The molecular formula is C27H23N3O3S. The maximum absolute atomic E-state index is 13.8. The van der Waals surface area contributed by atoms with Crippen molar-refractivity contribution in [3.8, 4) is 5.75 Å². The van der Waals surface area contributed by atoms with Gasteiger partial charge in [0.2, 0.25) is 0 Å². The third-order valence-corrected chi connectivity index (χ3v) is 6.69. The van der Waals surface area contributed by atoms with Crippen LogP contribution < -0.4 is 10.1 Å². The summed E-state index contributed by atoms with van der Waals surface area (Å²) in [5.74, 6) is 0.451. The van der Waals surface area contributed by atoms with Gasteiger partial charge in [0, 0.05) is 5.38 Å². The van der Waals surface area contributed by atoms with E-state index in [0.717, 1.165) is 10.8 Å². The van der Waals surface area contributed by atoms with Gasteiger partial charge in [0.25, 0.3) is 5.91 Å². The van der Waals surface area contributed by atoms with Gasteiger partial charge < -0.3 is 10.1 Å². The third kappa shape index (κ3) is 4.06. The van der Waals surface area contributed by atoms with E-state index in [1.165, 1.54) is 21.8 Å². The first kappa shape index (κ1) is 21.9. The Morgan fingerprint density at radius 1 is 0.912 bits per heavy atom. The molecule has 4 aromatic rings. The molecule has 170 valence electrons. The molecule has 0 saturated carbocycles. The Bertz CT molecular complexity index is 1260. The fraction of sp³-hybridized carbons (Fsp3) is 0.148. The van der Waals surface area contributed by atoms with E-state index >= 15 is 0 Å². The van der Waals surface area contributed by atoms with Gasteiger partial charge in [0.15, 0.2) is 5.54 Å². The predicted molar refractivity (Wildman–Crippen MR) is 130 cm³/mol. The van der Waals surface area contributed by atoms with Crippen LogP contribution in [0.4, 0.5) is 4.79 Å². The molecule has 0 unspecified atom stereocenters. The smallest absolute Gasteiger partial charge is 0.325 e. The number of hydrogen-bond acceptors (Lipinski definition) is 5. The number of imide groups is 1. The standard InChI is InChI=1S/C27H23N3O3S/c1-19-12-14-23(15-13-19)33-17-24-28-22(18-34-24)16-30-25(31)27(29-26(30)32,20-8-4-2-5-9-20)21-10-6-3-7-11-21/h2-15,18H,16-17H2,1H3,(H,29,32). The van der Waals surface area contributed by atoms with Crippen molar-refractivity contribution in [3.05, 3.63) is 118 Å². The highest BCUT2D eigenvalue weighted by molar-refractivity contribution is 7.09. The Morgan fingerprint density at radius 3 is 2.15 bits per heavy atom. The molecule has 2 heterocycles. The van der Waals surface area contributed by atoms with Crippen molar-refractivity contribution in [1.29, 1.82) is 0 Å². The first-order valence-corrected chi connectivity index (χ1v) is 11.8. The van der Waals surface area contributed by atoms with Crippen molar-refractivity contribution < 1.29 is 14.3 Å². The second-order valence-corrected chi connectivity index (χ2v) is 9.08. The number of thiazole rings is 1. The maximum atomic E-state index is 13.8. The van der Waals surface area contributed by atoms with E-state index < -0.39 is 11.6 Å². The second-order valence-electron chi connectivity index (χ2n) is 8.14. The number of nitrogens with one attached hydrogen (secondary N) is 1. The van der Waals surface area contributed by atoms with Gasteiger partial charge >= 0.3 is 6.03 Å². The molecule has 1 N–H and O–H groups in total. The number of rotatable bonds is 7.